The number of nitrogens with one attached hydrogen (secondary N) is 2. The lowest BCUT2D eigenvalue weighted by atomic mass is 9.98. The van der Waals surface area contributed by atoms with Crippen LogP contribution in [0.25, 0.3) is 0 Å². The molecule has 15 heavy (non-hydrogen) atoms. The lowest BCUT2D eigenvalue weighted by Gasteiger charge is -2.21. The molecular weight excluding hydrogens is 192 g/mol. The highest BCUT2D eigenvalue weighted by Crippen LogP contribution is 2.10. The van der Waals surface area contributed by atoms with Crippen LogP contribution in [0.3, 0.4) is 0 Å². The lowest BCUT2D eigenvalue weighted by molar-refractivity contribution is -0.128. The molecule has 0 aliphatic carbocycles. The van der Waals surface area contributed by atoms with Crippen LogP contribution < -0.4 is 10.6 Å². The second-order valence-electron chi connectivity index (χ2n) is 4.07. The fourth-order valence-corrected chi connectivity index (χ4v) is 1.46. The molecular formula is C11H18N2O2. The van der Waals surface area contributed by atoms with Crippen LogP contribution in [0.5, 0.6) is 0 Å². The first-order valence-corrected chi connectivity index (χ1v) is 5.27. The van der Waals surface area contributed by atoms with Gasteiger partial charge >= 0.3 is 0 Å². The van der Waals surface area contributed by atoms with Crippen molar-refractivity contribution in [1.29, 1.82) is 0 Å². The van der Waals surface area contributed by atoms with Crippen molar-refractivity contribution in [2.75, 3.05) is 13.1 Å². The lowest BCUT2D eigenvalue weighted by Crippen LogP contribution is -2.43. The van der Waals surface area contributed by atoms with Gasteiger partial charge in [0.1, 0.15) is 0 Å². The van der Waals surface area contributed by atoms with E-state index in [1.54, 1.807) is 0 Å². The highest BCUT2D eigenvalue weighted by molar-refractivity contribution is 5.83. The van der Waals surface area contributed by atoms with Gasteiger partial charge < -0.3 is 10.6 Å². The van der Waals surface area contributed by atoms with Crippen molar-refractivity contribution in [3.8, 4) is 0 Å². The molecule has 0 bridgehead atoms. The van der Waals surface area contributed by atoms with Gasteiger partial charge in [-0.25, -0.2) is 0 Å². The Labute approximate surface area is 90.1 Å². The van der Waals surface area contributed by atoms with Crippen molar-refractivity contribution in [3.05, 3.63) is 11.6 Å². The number of carbonyl (C=O) groups is 2. The first-order chi connectivity index (χ1) is 7.09. The summed E-state index contributed by atoms with van der Waals surface area (Å²) >= 11 is 0. The Hall–Kier alpha value is -1.32. The Morgan fingerprint density at radius 2 is 2.33 bits per heavy atom. The third-order valence-electron chi connectivity index (χ3n) is 2.42. The molecule has 0 aromatic heterocycles. The molecule has 0 aromatic carbocycles. The van der Waals surface area contributed by atoms with Crippen LogP contribution in [-0.2, 0) is 9.59 Å². The minimum absolute atomic E-state index is 0.0347. The van der Waals surface area contributed by atoms with E-state index in [9.17, 15) is 9.59 Å². The van der Waals surface area contributed by atoms with Gasteiger partial charge in [0.15, 0.2) is 0 Å². The predicted octanol–water partition coefficient (Wildman–Crippen LogP) is 0.595. The van der Waals surface area contributed by atoms with Gasteiger partial charge in [-0.15, -0.1) is 0 Å². The number of carbonyl (C=O) groups excluding carboxylic acids is 2. The molecule has 0 spiro atoms. The van der Waals surface area contributed by atoms with Gasteiger partial charge in [-0.1, -0.05) is 11.6 Å². The zero-order valence-electron chi connectivity index (χ0n) is 9.30. The van der Waals surface area contributed by atoms with Gasteiger partial charge in [-0.2, -0.15) is 0 Å². The summed E-state index contributed by atoms with van der Waals surface area (Å²) in [4.78, 5) is 22.5. The predicted molar refractivity (Wildman–Crippen MR) is 58.2 cm³/mol. The van der Waals surface area contributed by atoms with Gasteiger partial charge in [0.25, 0.3) is 0 Å². The van der Waals surface area contributed by atoms with E-state index in [1.807, 2.05) is 19.9 Å². The van der Waals surface area contributed by atoms with Crippen LogP contribution in [0.4, 0.5) is 0 Å². The molecule has 1 fully saturated rings. The van der Waals surface area contributed by atoms with Crippen LogP contribution in [0.1, 0.15) is 26.7 Å². The fourth-order valence-electron chi connectivity index (χ4n) is 1.46. The summed E-state index contributed by atoms with van der Waals surface area (Å²) in [5.74, 6) is 0.0177. The molecule has 1 rings (SSSR count). The molecule has 0 aromatic rings. The zero-order valence-corrected chi connectivity index (χ0v) is 9.30. The van der Waals surface area contributed by atoms with E-state index in [4.69, 9.17) is 0 Å². The summed E-state index contributed by atoms with van der Waals surface area (Å²) in [6.07, 6.45) is 3.09. The summed E-state index contributed by atoms with van der Waals surface area (Å²) in [6, 6.07) is 0. The molecule has 84 valence electrons. The maximum Gasteiger partial charge on any atom is 0.225 e. The topological polar surface area (TPSA) is 58.2 Å². The van der Waals surface area contributed by atoms with Gasteiger partial charge in [-0.3, -0.25) is 9.59 Å². The minimum Gasteiger partial charge on any atom is -0.355 e. The van der Waals surface area contributed by atoms with Gasteiger partial charge in [-0.05, 0) is 20.3 Å². The highest BCUT2D eigenvalue weighted by Gasteiger charge is 2.23. The minimum atomic E-state index is -0.0618. The Balaban J connectivity index is 2.28. The summed E-state index contributed by atoms with van der Waals surface area (Å²) < 4.78 is 0. The van der Waals surface area contributed by atoms with Gasteiger partial charge in [0, 0.05) is 19.5 Å². The van der Waals surface area contributed by atoms with Crippen LogP contribution >= 0.6 is 0 Å². The second kappa shape index (κ2) is 5.53. The van der Waals surface area contributed by atoms with E-state index in [0.717, 1.165) is 0 Å². The average Bonchev–Trinajstić information content (AvgIpc) is 2.18. The molecule has 1 atom stereocenters. The number of rotatable bonds is 3. The van der Waals surface area contributed by atoms with Crippen molar-refractivity contribution < 1.29 is 9.59 Å². The molecule has 0 radical (unpaired) electrons. The van der Waals surface area contributed by atoms with Crippen molar-refractivity contribution in [2.45, 2.75) is 26.7 Å². The largest absolute Gasteiger partial charge is 0.355 e. The number of hydrogen-bond donors (Lipinski definition) is 2. The monoisotopic (exact) mass is 210 g/mol. The molecule has 1 unspecified atom stereocenters. The summed E-state index contributed by atoms with van der Waals surface area (Å²) in [6.45, 7) is 5.03. The van der Waals surface area contributed by atoms with Gasteiger partial charge in [0.2, 0.25) is 11.8 Å². The highest BCUT2D eigenvalue weighted by atomic mass is 16.2. The SMILES string of the molecule is CC(C)=CCNC(=O)C1CCC(=O)NC1. The first-order valence-electron chi connectivity index (χ1n) is 5.27. The summed E-state index contributed by atoms with van der Waals surface area (Å²) in [5, 5.41) is 5.53. The number of hydrogen-bond acceptors (Lipinski definition) is 2. The van der Waals surface area contributed by atoms with E-state index < -0.39 is 0 Å². The standard InChI is InChI=1S/C11H18N2O2/c1-8(2)5-6-12-11(15)9-3-4-10(14)13-7-9/h5,9H,3-4,6-7H2,1-2H3,(H,12,15)(H,13,14). The maximum atomic E-state index is 11.6. The molecule has 4 heteroatoms. The third-order valence-corrected chi connectivity index (χ3v) is 2.42. The quantitative estimate of drug-likeness (QED) is 0.670. The Bertz CT molecular complexity index is 270. The van der Waals surface area contributed by atoms with Gasteiger partial charge in [0.05, 0.1) is 5.92 Å². The van der Waals surface area contributed by atoms with Crippen molar-refractivity contribution in [2.24, 2.45) is 5.92 Å². The molecule has 0 saturated carbocycles. The molecule has 1 saturated heterocycles. The summed E-state index contributed by atoms with van der Waals surface area (Å²) in [7, 11) is 0. The second-order valence-corrected chi connectivity index (χ2v) is 4.07. The summed E-state index contributed by atoms with van der Waals surface area (Å²) in [5.41, 5.74) is 1.19. The molecule has 4 nitrogen and oxygen atoms in total. The normalized spacial score (nSPS) is 20.4. The molecule has 1 aliphatic heterocycles. The Morgan fingerprint density at radius 3 is 2.87 bits per heavy atom. The Morgan fingerprint density at radius 1 is 1.60 bits per heavy atom. The first kappa shape index (κ1) is 11.8. The third kappa shape index (κ3) is 4.14. The van der Waals surface area contributed by atoms with Crippen LogP contribution in [0, 0.1) is 5.92 Å². The van der Waals surface area contributed by atoms with Crippen LogP contribution in [0.2, 0.25) is 0 Å². The maximum absolute atomic E-state index is 11.6. The fraction of sp³-hybridized carbons (Fsp3) is 0.636. The van der Waals surface area contributed by atoms with E-state index >= 15 is 0 Å². The zero-order chi connectivity index (χ0) is 11.3. The molecule has 1 aliphatic rings. The Kier molecular flexibility index (Phi) is 4.34. The van der Waals surface area contributed by atoms with Crippen LogP contribution in [0.15, 0.2) is 11.6 Å². The van der Waals surface area contributed by atoms with E-state index in [0.29, 0.717) is 25.9 Å². The van der Waals surface area contributed by atoms with Crippen molar-refractivity contribution in [1.82, 2.24) is 10.6 Å². The number of amides is 2. The van der Waals surface area contributed by atoms with Crippen LogP contribution in [-0.4, -0.2) is 24.9 Å². The molecule has 2 N–H and O–H groups in total. The number of piperidine rings is 1. The van der Waals surface area contributed by atoms with Crippen molar-refractivity contribution in [3.63, 3.8) is 0 Å². The molecule has 1 heterocycles. The molecule has 2 amide bonds. The smallest absolute Gasteiger partial charge is 0.225 e. The average molecular weight is 210 g/mol. The van der Waals surface area contributed by atoms with E-state index in [2.05, 4.69) is 10.6 Å². The van der Waals surface area contributed by atoms with Crippen molar-refractivity contribution >= 4 is 11.8 Å². The number of allylic oxidation sites excluding steroid dienone is 1. The van der Waals surface area contributed by atoms with E-state index in [1.165, 1.54) is 5.57 Å². The van der Waals surface area contributed by atoms with E-state index in [-0.39, 0.29) is 17.7 Å².